The summed E-state index contributed by atoms with van der Waals surface area (Å²) >= 11 is 11.8. The zero-order chi connectivity index (χ0) is 21.6. The van der Waals surface area contributed by atoms with Crippen molar-refractivity contribution in [1.29, 1.82) is 0 Å². The number of anilines is 1. The van der Waals surface area contributed by atoms with Crippen LogP contribution in [0.1, 0.15) is 38.5 Å². The van der Waals surface area contributed by atoms with Gasteiger partial charge in [0.2, 0.25) is 0 Å². The topological polar surface area (TPSA) is 84.5 Å². The van der Waals surface area contributed by atoms with Gasteiger partial charge in [0, 0.05) is 16.1 Å². The van der Waals surface area contributed by atoms with Crippen LogP contribution in [0.2, 0.25) is 10.0 Å². The van der Waals surface area contributed by atoms with Crippen molar-refractivity contribution in [2.45, 2.75) is 49.5 Å². The number of sulfonamides is 1. The molecular formula is C21H24Cl2N2O4S. The average molecular weight is 471 g/mol. The van der Waals surface area contributed by atoms with Crippen molar-refractivity contribution in [2.24, 2.45) is 0 Å². The van der Waals surface area contributed by atoms with E-state index in [1.807, 2.05) is 0 Å². The highest BCUT2D eigenvalue weighted by Crippen LogP contribution is 2.25. The molecule has 1 saturated carbocycles. The van der Waals surface area contributed by atoms with Crippen LogP contribution in [0.4, 0.5) is 5.69 Å². The number of amides is 1. The molecule has 3 rings (SSSR count). The summed E-state index contributed by atoms with van der Waals surface area (Å²) in [6, 6.07) is 10.5. The first kappa shape index (κ1) is 22.7. The van der Waals surface area contributed by atoms with E-state index < -0.39 is 10.0 Å². The van der Waals surface area contributed by atoms with Crippen LogP contribution in [0.25, 0.3) is 0 Å². The van der Waals surface area contributed by atoms with Gasteiger partial charge in [-0.2, -0.15) is 0 Å². The van der Waals surface area contributed by atoms with Gasteiger partial charge >= 0.3 is 0 Å². The molecule has 0 aromatic heterocycles. The van der Waals surface area contributed by atoms with Gasteiger partial charge in [0.05, 0.1) is 10.6 Å². The van der Waals surface area contributed by atoms with Gasteiger partial charge in [-0.1, -0.05) is 48.9 Å². The third-order valence-electron chi connectivity index (χ3n) is 4.84. The lowest BCUT2D eigenvalue weighted by atomic mass is 10.1. The number of halogens is 2. The molecule has 2 N–H and O–H groups in total. The SMILES string of the molecule is O=C(COc1ccc(S(=O)(=O)Nc2cc(Cl)cc(Cl)c2)cc1)NC1CCCCCC1. The Morgan fingerprint density at radius 3 is 2.17 bits per heavy atom. The highest BCUT2D eigenvalue weighted by molar-refractivity contribution is 7.92. The summed E-state index contributed by atoms with van der Waals surface area (Å²) in [5.41, 5.74) is 0.267. The molecule has 0 unspecified atom stereocenters. The highest BCUT2D eigenvalue weighted by atomic mass is 35.5. The summed E-state index contributed by atoms with van der Waals surface area (Å²) in [5.74, 6) is 0.244. The van der Waals surface area contributed by atoms with E-state index in [0.717, 1.165) is 25.7 Å². The van der Waals surface area contributed by atoms with Gasteiger partial charge in [0.15, 0.2) is 6.61 Å². The Hall–Kier alpha value is -1.96. The second-order valence-corrected chi connectivity index (χ2v) is 9.83. The van der Waals surface area contributed by atoms with Gasteiger partial charge in [-0.15, -0.1) is 0 Å². The molecule has 1 aliphatic carbocycles. The lowest BCUT2D eigenvalue weighted by Gasteiger charge is -2.16. The Bertz CT molecular complexity index is 953. The van der Waals surface area contributed by atoms with Gasteiger partial charge in [0.25, 0.3) is 15.9 Å². The average Bonchev–Trinajstić information content (AvgIpc) is 2.94. The minimum absolute atomic E-state index is 0.0499. The van der Waals surface area contributed by atoms with E-state index in [9.17, 15) is 13.2 Å². The fourth-order valence-electron chi connectivity index (χ4n) is 3.38. The largest absolute Gasteiger partial charge is 0.484 e. The Morgan fingerprint density at radius 2 is 1.57 bits per heavy atom. The Labute approximate surface area is 187 Å². The summed E-state index contributed by atoms with van der Waals surface area (Å²) in [7, 11) is -3.82. The van der Waals surface area contributed by atoms with Crippen LogP contribution in [0.15, 0.2) is 47.4 Å². The zero-order valence-corrected chi connectivity index (χ0v) is 18.7. The number of hydrogen-bond acceptors (Lipinski definition) is 4. The van der Waals surface area contributed by atoms with E-state index in [1.165, 1.54) is 55.3 Å². The number of nitrogens with one attached hydrogen (secondary N) is 2. The highest BCUT2D eigenvalue weighted by Gasteiger charge is 2.17. The van der Waals surface area contributed by atoms with Crippen LogP contribution in [0, 0.1) is 0 Å². The van der Waals surface area contributed by atoms with Gasteiger partial charge in [-0.05, 0) is 55.3 Å². The molecule has 2 aromatic carbocycles. The molecule has 1 aliphatic rings. The van der Waals surface area contributed by atoms with Crippen molar-refractivity contribution in [3.05, 3.63) is 52.5 Å². The van der Waals surface area contributed by atoms with Gasteiger partial charge in [-0.3, -0.25) is 9.52 Å². The predicted octanol–water partition coefficient (Wildman–Crippen LogP) is 5.01. The van der Waals surface area contributed by atoms with Crippen LogP contribution >= 0.6 is 23.2 Å². The van der Waals surface area contributed by atoms with Crippen molar-refractivity contribution in [2.75, 3.05) is 11.3 Å². The second-order valence-electron chi connectivity index (χ2n) is 7.28. The lowest BCUT2D eigenvalue weighted by molar-refractivity contribution is -0.123. The molecule has 0 saturated heterocycles. The number of carbonyl (C=O) groups excluding carboxylic acids is 1. The molecule has 2 aromatic rings. The zero-order valence-electron chi connectivity index (χ0n) is 16.4. The molecule has 0 spiro atoms. The molecule has 6 nitrogen and oxygen atoms in total. The van der Waals surface area contributed by atoms with E-state index in [2.05, 4.69) is 10.0 Å². The number of benzene rings is 2. The molecule has 0 radical (unpaired) electrons. The van der Waals surface area contributed by atoms with Crippen LogP contribution in [-0.2, 0) is 14.8 Å². The summed E-state index contributed by atoms with van der Waals surface area (Å²) in [6.45, 7) is -0.109. The molecule has 9 heteroatoms. The third kappa shape index (κ3) is 6.79. The molecule has 0 bridgehead atoms. The van der Waals surface area contributed by atoms with Gasteiger partial charge in [0.1, 0.15) is 5.75 Å². The Balaban J connectivity index is 1.55. The number of hydrogen-bond donors (Lipinski definition) is 2. The first-order valence-electron chi connectivity index (χ1n) is 9.83. The summed E-state index contributed by atoms with van der Waals surface area (Å²) in [5, 5.41) is 3.66. The molecule has 0 heterocycles. The van der Waals surface area contributed by atoms with E-state index in [0.29, 0.717) is 15.8 Å². The minimum atomic E-state index is -3.82. The summed E-state index contributed by atoms with van der Waals surface area (Å²) in [6.07, 6.45) is 6.72. The van der Waals surface area contributed by atoms with E-state index in [-0.39, 0.29) is 29.1 Å². The van der Waals surface area contributed by atoms with E-state index >= 15 is 0 Å². The van der Waals surface area contributed by atoms with Crippen LogP contribution in [-0.4, -0.2) is 27.0 Å². The lowest BCUT2D eigenvalue weighted by Crippen LogP contribution is -2.37. The summed E-state index contributed by atoms with van der Waals surface area (Å²) < 4.78 is 33.0. The van der Waals surface area contributed by atoms with Crippen LogP contribution < -0.4 is 14.8 Å². The normalized spacial score (nSPS) is 15.3. The maximum absolute atomic E-state index is 12.5. The first-order chi connectivity index (χ1) is 14.3. The molecular weight excluding hydrogens is 447 g/mol. The summed E-state index contributed by atoms with van der Waals surface area (Å²) in [4.78, 5) is 12.2. The molecule has 162 valence electrons. The monoisotopic (exact) mass is 470 g/mol. The molecule has 1 amide bonds. The van der Waals surface area contributed by atoms with Crippen molar-refractivity contribution >= 4 is 44.8 Å². The third-order valence-corrected chi connectivity index (χ3v) is 6.67. The molecule has 0 aliphatic heterocycles. The fraction of sp³-hybridized carbons (Fsp3) is 0.381. The number of ether oxygens (including phenoxy) is 1. The Morgan fingerprint density at radius 1 is 0.967 bits per heavy atom. The maximum Gasteiger partial charge on any atom is 0.261 e. The minimum Gasteiger partial charge on any atom is -0.484 e. The second kappa shape index (κ2) is 10.4. The molecule has 30 heavy (non-hydrogen) atoms. The van der Waals surface area contributed by atoms with Crippen molar-refractivity contribution in [3.63, 3.8) is 0 Å². The van der Waals surface area contributed by atoms with Crippen molar-refractivity contribution in [1.82, 2.24) is 5.32 Å². The van der Waals surface area contributed by atoms with Crippen molar-refractivity contribution in [3.8, 4) is 5.75 Å². The molecule has 1 fully saturated rings. The first-order valence-corrected chi connectivity index (χ1v) is 12.1. The van der Waals surface area contributed by atoms with Gasteiger partial charge in [-0.25, -0.2) is 8.42 Å². The van der Waals surface area contributed by atoms with Crippen LogP contribution in [0.5, 0.6) is 5.75 Å². The maximum atomic E-state index is 12.5. The standard InChI is InChI=1S/C21H24Cl2N2O4S/c22-15-11-16(23)13-18(12-15)25-30(27,28)20-9-7-19(8-10-20)29-14-21(26)24-17-5-3-1-2-4-6-17/h7-13,17,25H,1-6,14H2,(H,24,26). The number of carbonyl (C=O) groups is 1. The molecule has 0 atom stereocenters. The van der Waals surface area contributed by atoms with Gasteiger partial charge < -0.3 is 10.1 Å². The Kier molecular flexibility index (Phi) is 7.86. The number of rotatable bonds is 7. The quantitative estimate of drug-likeness (QED) is 0.556. The van der Waals surface area contributed by atoms with E-state index in [1.54, 1.807) is 0 Å². The predicted molar refractivity (Wildman–Crippen MR) is 119 cm³/mol. The van der Waals surface area contributed by atoms with E-state index in [4.69, 9.17) is 27.9 Å². The van der Waals surface area contributed by atoms with Crippen molar-refractivity contribution < 1.29 is 17.9 Å². The fourth-order valence-corrected chi connectivity index (χ4v) is 4.95. The smallest absolute Gasteiger partial charge is 0.261 e. The van der Waals surface area contributed by atoms with Crippen LogP contribution in [0.3, 0.4) is 0 Å².